The Balaban J connectivity index is 4.10. The average molecular weight is 179 g/mol. The zero-order chi connectivity index (χ0) is 8.91. The standard InChI is InChI=1S/C5H10NO4P/c6-3-1-2-5(9,11-10)4(7)8/h9H,1-3,6H2,(H,7,8). The van der Waals surface area contributed by atoms with Gasteiger partial charge in [-0.3, -0.25) is 4.57 Å². The molecule has 64 valence electrons. The fraction of sp³-hybridized carbons (Fsp3) is 0.800. The molecular formula is C5H10NO4P. The Morgan fingerprint density at radius 2 is 2.18 bits per heavy atom. The Kier molecular flexibility index (Phi) is 4.18. The molecule has 1 unspecified atom stereocenters. The monoisotopic (exact) mass is 179 g/mol. The first-order chi connectivity index (χ1) is 5.06. The van der Waals surface area contributed by atoms with Crippen LogP contribution in [0.5, 0.6) is 0 Å². The van der Waals surface area contributed by atoms with Gasteiger partial charge in [-0.1, -0.05) is 0 Å². The van der Waals surface area contributed by atoms with Crippen LogP contribution in [0, 0.1) is 0 Å². The maximum Gasteiger partial charge on any atom is 0.348 e. The molecule has 4 N–H and O–H groups in total. The first-order valence-corrected chi connectivity index (χ1v) is 3.88. The minimum atomic E-state index is -2.15. The molecule has 0 aromatic heterocycles. The van der Waals surface area contributed by atoms with Crippen molar-refractivity contribution in [3.8, 4) is 0 Å². The number of carboxylic acids is 1. The molecule has 0 radical (unpaired) electrons. The molecular weight excluding hydrogens is 169 g/mol. The molecule has 0 aliphatic rings. The van der Waals surface area contributed by atoms with Gasteiger partial charge in [0.15, 0.2) is 0 Å². The molecule has 0 amide bonds. The maximum atomic E-state index is 10.3. The van der Waals surface area contributed by atoms with Gasteiger partial charge in [0.2, 0.25) is 13.8 Å². The summed E-state index contributed by atoms with van der Waals surface area (Å²) in [6.45, 7) is 0.269. The molecule has 0 saturated heterocycles. The predicted molar refractivity (Wildman–Crippen MR) is 38.5 cm³/mol. The van der Waals surface area contributed by atoms with Crippen molar-refractivity contribution in [1.29, 1.82) is 0 Å². The summed E-state index contributed by atoms with van der Waals surface area (Å²) in [7, 11) is -0.793. The number of carbonyl (C=O) groups is 1. The first kappa shape index (κ1) is 10.5. The van der Waals surface area contributed by atoms with Crippen molar-refractivity contribution < 1.29 is 19.6 Å². The minimum absolute atomic E-state index is 0.0934. The second-order valence-electron chi connectivity index (χ2n) is 2.11. The average Bonchev–Trinajstić information content (AvgIpc) is 2.00. The van der Waals surface area contributed by atoms with Crippen LogP contribution in [0.15, 0.2) is 0 Å². The highest BCUT2D eigenvalue weighted by atomic mass is 31.1. The van der Waals surface area contributed by atoms with E-state index in [1.54, 1.807) is 0 Å². The maximum absolute atomic E-state index is 10.3. The van der Waals surface area contributed by atoms with Crippen molar-refractivity contribution in [3.63, 3.8) is 0 Å². The Morgan fingerprint density at radius 1 is 1.64 bits per heavy atom. The Morgan fingerprint density at radius 3 is 2.45 bits per heavy atom. The summed E-state index contributed by atoms with van der Waals surface area (Å²) < 4.78 is 10.2. The van der Waals surface area contributed by atoms with Gasteiger partial charge in [0.25, 0.3) is 0 Å². The van der Waals surface area contributed by atoms with Crippen molar-refractivity contribution in [3.05, 3.63) is 0 Å². The number of hydrogen-bond acceptors (Lipinski definition) is 4. The SMILES string of the molecule is NCCCC(O)(P=O)C(=O)O. The van der Waals surface area contributed by atoms with Gasteiger partial charge in [-0.05, 0) is 19.4 Å². The Bertz CT molecular complexity index is 163. The van der Waals surface area contributed by atoms with Gasteiger partial charge in [-0.2, -0.15) is 0 Å². The van der Waals surface area contributed by atoms with Gasteiger partial charge in [0.05, 0.1) is 0 Å². The second-order valence-corrected chi connectivity index (χ2v) is 3.03. The highest BCUT2D eigenvalue weighted by Gasteiger charge is 2.36. The van der Waals surface area contributed by atoms with Crippen molar-refractivity contribution in [1.82, 2.24) is 0 Å². The first-order valence-electron chi connectivity index (χ1n) is 3.07. The minimum Gasteiger partial charge on any atom is -0.479 e. The van der Waals surface area contributed by atoms with E-state index in [0.29, 0.717) is 6.42 Å². The molecule has 5 nitrogen and oxygen atoms in total. The highest BCUT2D eigenvalue weighted by Crippen LogP contribution is 2.25. The lowest BCUT2D eigenvalue weighted by Gasteiger charge is -2.13. The fourth-order valence-electron chi connectivity index (χ4n) is 0.540. The molecule has 6 heteroatoms. The van der Waals surface area contributed by atoms with E-state index >= 15 is 0 Å². The molecule has 0 heterocycles. The van der Waals surface area contributed by atoms with Gasteiger partial charge in [0, 0.05) is 0 Å². The van der Waals surface area contributed by atoms with Gasteiger partial charge in [-0.25, -0.2) is 4.79 Å². The lowest BCUT2D eigenvalue weighted by atomic mass is 10.2. The summed E-state index contributed by atoms with van der Waals surface area (Å²) >= 11 is 0. The topological polar surface area (TPSA) is 101 Å². The smallest absolute Gasteiger partial charge is 0.348 e. The van der Waals surface area contributed by atoms with E-state index in [1.165, 1.54) is 0 Å². The molecule has 0 aromatic rings. The third kappa shape index (κ3) is 2.93. The van der Waals surface area contributed by atoms with Crippen LogP contribution in [0.25, 0.3) is 0 Å². The molecule has 0 bridgehead atoms. The summed E-state index contributed by atoms with van der Waals surface area (Å²) in [5.74, 6) is -1.48. The number of aliphatic hydroxyl groups is 1. The van der Waals surface area contributed by atoms with Crippen molar-refractivity contribution >= 4 is 14.4 Å². The number of carboxylic acid groups (broad SMARTS) is 1. The summed E-state index contributed by atoms with van der Waals surface area (Å²) in [5.41, 5.74) is 5.08. The van der Waals surface area contributed by atoms with E-state index in [4.69, 9.17) is 15.9 Å². The van der Waals surface area contributed by atoms with Crippen molar-refractivity contribution in [2.45, 2.75) is 18.2 Å². The molecule has 0 aliphatic heterocycles. The van der Waals surface area contributed by atoms with E-state index in [1.807, 2.05) is 0 Å². The highest BCUT2D eigenvalue weighted by molar-refractivity contribution is 7.27. The van der Waals surface area contributed by atoms with Gasteiger partial charge in [0.1, 0.15) is 0 Å². The summed E-state index contributed by atoms with van der Waals surface area (Å²) in [6, 6.07) is 0. The number of rotatable bonds is 5. The van der Waals surface area contributed by atoms with Gasteiger partial charge in [-0.15, -0.1) is 0 Å². The van der Waals surface area contributed by atoms with Crippen LogP contribution in [-0.2, 0) is 9.36 Å². The number of aliphatic carboxylic acids is 1. The second kappa shape index (κ2) is 4.38. The molecule has 1 atom stereocenters. The van der Waals surface area contributed by atoms with Gasteiger partial charge < -0.3 is 15.9 Å². The van der Waals surface area contributed by atoms with E-state index in [9.17, 15) is 9.36 Å². The fourth-order valence-corrected chi connectivity index (χ4v) is 0.868. The van der Waals surface area contributed by atoms with E-state index < -0.39 is 19.8 Å². The third-order valence-electron chi connectivity index (χ3n) is 1.22. The zero-order valence-electron chi connectivity index (χ0n) is 5.86. The lowest BCUT2D eigenvalue weighted by Crippen LogP contribution is -2.32. The number of hydrogen-bond donors (Lipinski definition) is 3. The molecule has 0 saturated carbocycles. The Labute approximate surface area is 65.4 Å². The molecule has 0 rings (SSSR count). The van der Waals surface area contributed by atoms with Crippen LogP contribution in [0.2, 0.25) is 0 Å². The predicted octanol–water partition coefficient (Wildman–Crippen LogP) is -0.210. The molecule has 0 aliphatic carbocycles. The van der Waals surface area contributed by atoms with Gasteiger partial charge >= 0.3 is 5.97 Å². The summed E-state index contributed by atoms with van der Waals surface area (Å²) in [6.07, 6.45) is 0.238. The zero-order valence-corrected chi connectivity index (χ0v) is 6.75. The molecule has 0 spiro atoms. The Hall–Kier alpha value is -0.510. The van der Waals surface area contributed by atoms with E-state index in [-0.39, 0.29) is 13.0 Å². The van der Waals surface area contributed by atoms with Crippen molar-refractivity contribution in [2.75, 3.05) is 6.54 Å². The largest absolute Gasteiger partial charge is 0.479 e. The lowest BCUT2D eigenvalue weighted by molar-refractivity contribution is -0.150. The van der Waals surface area contributed by atoms with Crippen LogP contribution in [-0.4, -0.2) is 28.1 Å². The normalized spacial score (nSPS) is 16.2. The summed E-state index contributed by atoms with van der Waals surface area (Å²) in [4.78, 5) is 10.3. The van der Waals surface area contributed by atoms with Crippen LogP contribution in [0.3, 0.4) is 0 Å². The van der Waals surface area contributed by atoms with Crippen LogP contribution >= 0.6 is 8.46 Å². The van der Waals surface area contributed by atoms with Crippen LogP contribution in [0.4, 0.5) is 0 Å². The van der Waals surface area contributed by atoms with Crippen LogP contribution < -0.4 is 5.73 Å². The quantitative estimate of drug-likeness (QED) is 0.507. The molecule has 11 heavy (non-hydrogen) atoms. The molecule has 0 fully saturated rings. The van der Waals surface area contributed by atoms with Crippen molar-refractivity contribution in [2.24, 2.45) is 5.73 Å². The van der Waals surface area contributed by atoms with Crippen LogP contribution in [0.1, 0.15) is 12.8 Å². The summed E-state index contributed by atoms with van der Waals surface area (Å²) in [5, 5.41) is 15.3. The number of nitrogens with two attached hydrogens (primary N) is 1. The molecule has 0 aromatic carbocycles. The van der Waals surface area contributed by atoms with E-state index in [0.717, 1.165) is 0 Å². The van der Waals surface area contributed by atoms with E-state index in [2.05, 4.69) is 0 Å². The third-order valence-corrected chi connectivity index (χ3v) is 1.94.